The first-order valence-corrected chi connectivity index (χ1v) is 26.2. The quantitative estimate of drug-likeness (QED) is 0.109. The molecule has 2 aromatic carbocycles. The van der Waals surface area contributed by atoms with Gasteiger partial charge in [-0.15, -0.1) is 46.4 Å². The van der Waals surface area contributed by atoms with E-state index in [1.165, 1.54) is 22.3 Å². The van der Waals surface area contributed by atoms with Gasteiger partial charge in [0.2, 0.25) is 0 Å². The topological polar surface area (TPSA) is 134 Å². The molecule has 0 spiro atoms. The van der Waals surface area contributed by atoms with Gasteiger partial charge in [-0.3, -0.25) is 0 Å². The van der Waals surface area contributed by atoms with Crippen LogP contribution < -0.4 is 9.47 Å². The van der Waals surface area contributed by atoms with E-state index in [-0.39, 0.29) is 23.0 Å². The number of unbranched alkanes of at least 4 members (excludes halogenated alkanes) is 2. The Balaban J connectivity index is 0.000000188. The lowest BCUT2D eigenvalue weighted by atomic mass is 9.55. The van der Waals surface area contributed by atoms with Gasteiger partial charge in [0.05, 0.1) is 12.2 Å². The summed E-state index contributed by atoms with van der Waals surface area (Å²) in [6.07, 6.45) is 15.3. The molecule has 2 aromatic rings. The minimum atomic E-state index is -0.395. The Bertz CT molecular complexity index is 1780. The highest BCUT2D eigenvalue weighted by Gasteiger charge is 2.55. The maximum absolute atomic E-state index is 12.4. The molecule has 14 heteroatoms. The van der Waals surface area contributed by atoms with Crippen molar-refractivity contribution in [1.29, 1.82) is 0 Å². The third-order valence-corrected chi connectivity index (χ3v) is 17.0. The zero-order valence-electron chi connectivity index (χ0n) is 38.3. The van der Waals surface area contributed by atoms with Crippen LogP contribution >= 0.6 is 46.4 Å². The number of fused-ring (bicyclic) bond motifs is 10. The number of carbonyl (C=O) groups is 4. The number of rotatable bonds is 14. The maximum Gasteiger partial charge on any atom is 0.415 e. The van der Waals surface area contributed by atoms with E-state index < -0.39 is 12.2 Å². The van der Waals surface area contributed by atoms with Crippen LogP contribution in [0.4, 0.5) is 9.59 Å². The third kappa shape index (κ3) is 11.8. The highest BCUT2D eigenvalue weighted by Crippen LogP contribution is 2.62. The van der Waals surface area contributed by atoms with Gasteiger partial charge in [0.1, 0.15) is 24.1 Å². The molecule has 0 unspecified atom stereocenters. The molecule has 0 bridgehead atoms. The van der Waals surface area contributed by atoms with Gasteiger partial charge in [-0.1, -0.05) is 26.0 Å². The van der Waals surface area contributed by atoms with Crippen molar-refractivity contribution in [3.05, 3.63) is 58.7 Å². The molecule has 0 radical (unpaired) electrons. The number of aldehydes is 2. The fourth-order valence-electron chi connectivity index (χ4n) is 12.8. The van der Waals surface area contributed by atoms with Crippen LogP contribution in [0.3, 0.4) is 0 Å². The number of amides is 2. The second-order valence-electron chi connectivity index (χ2n) is 19.6. The van der Waals surface area contributed by atoms with Crippen LogP contribution in [0.2, 0.25) is 0 Å². The van der Waals surface area contributed by atoms with Gasteiger partial charge in [-0.25, -0.2) is 9.59 Å². The Hall–Kier alpha value is -2.60. The fraction of sp³-hybridized carbons (Fsp3) is 0.686. The number of nitrogens with zero attached hydrogens (tertiary/aromatic N) is 2. The smallest absolute Gasteiger partial charge is 0.410 e. The van der Waals surface area contributed by atoms with Crippen LogP contribution in [0.25, 0.3) is 0 Å². The molecule has 10 nitrogen and oxygen atoms in total. The predicted molar refractivity (Wildman–Crippen MR) is 258 cm³/mol. The molecule has 4 saturated carbocycles. The Morgan fingerprint density at radius 2 is 1.00 bits per heavy atom. The summed E-state index contributed by atoms with van der Waals surface area (Å²) in [4.78, 5) is 47.1. The molecular weight excluding hydrogens is 910 g/mol. The summed E-state index contributed by atoms with van der Waals surface area (Å²) in [6.45, 7) is 6.30. The number of ether oxygens (including phenoxy) is 2. The van der Waals surface area contributed by atoms with E-state index in [9.17, 15) is 29.4 Å². The summed E-state index contributed by atoms with van der Waals surface area (Å²) >= 11 is 23.2. The van der Waals surface area contributed by atoms with E-state index in [1.807, 2.05) is 24.3 Å². The average Bonchev–Trinajstić information content (AvgIpc) is 3.79. The first-order valence-electron chi connectivity index (χ1n) is 24.0. The number of aliphatic hydroxyl groups excluding tert-OH is 2. The molecule has 360 valence electrons. The molecule has 6 aliphatic rings. The summed E-state index contributed by atoms with van der Waals surface area (Å²) < 4.78 is 11.2. The largest absolute Gasteiger partial charge is 0.415 e. The van der Waals surface area contributed by atoms with Crippen molar-refractivity contribution in [3.63, 3.8) is 0 Å². The van der Waals surface area contributed by atoms with Gasteiger partial charge < -0.3 is 39.1 Å². The molecule has 2 amide bonds. The number of aryl methyl sites for hydroxylation is 2. The number of aliphatic hydroxyl groups is 2. The highest BCUT2D eigenvalue weighted by atomic mass is 35.5. The second-order valence-corrected chi connectivity index (χ2v) is 21.1. The van der Waals surface area contributed by atoms with Gasteiger partial charge >= 0.3 is 12.2 Å². The Labute approximate surface area is 406 Å². The summed E-state index contributed by atoms with van der Waals surface area (Å²) in [5.74, 6) is 6.32. The minimum Gasteiger partial charge on any atom is -0.410 e. The van der Waals surface area contributed by atoms with Crippen molar-refractivity contribution in [2.45, 2.75) is 134 Å². The SMILES string of the molecule is C[C@]12CC[C@@H]3c4ccc(OC(=O)N(CCCl)CCCl)cc4CC[C@H]3[C@@H]1CC[C@@H]2O.C[C@]12CC[C@@H]3c4ccc(OC(=O)N(CCCl)CCCl)cc4CC[C@H]3[C@@H]1CC[C@@H]2O.O=CCCCC=O. The van der Waals surface area contributed by atoms with Gasteiger partial charge in [0.15, 0.2) is 0 Å². The number of carbonyl (C=O) groups excluding carboxylic acids is 4. The van der Waals surface area contributed by atoms with Gasteiger partial charge in [-0.2, -0.15) is 0 Å². The molecule has 6 aliphatic carbocycles. The van der Waals surface area contributed by atoms with E-state index in [4.69, 9.17) is 55.9 Å². The molecule has 4 fully saturated rings. The van der Waals surface area contributed by atoms with Crippen LogP contribution in [0.15, 0.2) is 36.4 Å². The number of halogens is 4. The second kappa shape index (κ2) is 24.1. The van der Waals surface area contributed by atoms with Crippen LogP contribution in [0.5, 0.6) is 11.5 Å². The predicted octanol–water partition coefficient (Wildman–Crippen LogP) is 10.9. The highest BCUT2D eigenvalue weighted by molar-refractivity contribution is 6.19. The Kier molecular flexibility index (Phi) is 19.2. The molecule has 8 rings (SSSR count). The van der Waals surface area contributed by atoms with Crippen molar-refractivity contribution < 1.29 is 38.9 Å². The van der Waals surface area contributed by atoms with Crippen LogP contribution in [-0.4, -0.2) is 107 Å². The van der Waals surface area contributed by atoms with Crippen molar-refractivity contribution in [2.75, 3.05) is 49.7 Å². The van der Waals surface area contributed by atoms with E-state index >= 15 is 0 Å². The summed E-state index contributed by atoms with van der Waals surface area (Å²) in [5, 5.41) is 21.1. The zero-order valence-corrected chi connectivity index (χ0v) is 41.3. The average molecular weight is 981 g/mol. The van der Waals surface area contributed by atoms with Gasteiger partial charge in [-0.05, 0) is 176 Å². The molecule has 65 heavy (non-hydrogen) atoms. The van der Waals surface area contributed by atoms with Crippen molar-refractivity contribution in [2.24, 2.45) is 34.5 Å². The lowest BCUT2D eigenvalue weighted by Crippen LogP contribution is -2.43. The van der Waals surface area contributed by atoms with Crippen molar-refractivity contribution in [1.82, 2.24) is 9.80 Å². The number of hydrogen-bond donors (Lipinski definition) is 2. The molecule has 0 saturated heterocycles. The summed E-state index contributed by atoms with van der Waals surface area (Å²) in [7, 11) is 0. The lowest BCUT2D eigenvalue weighted by Gasteiger charge is -2.50. The normalized spacial score (nSPS) is 30.2. The Morgan fingerprint density at radius 1 is 0.615 bits per heavy atom. The van der Waals surface area contributed by atoms with Crippen LogP contribution in [-0.2, 0) is 22.4 Å². The lowest BCUT2D eigenvalue weighted by molar-refractivity contribution is -0.108. The molecular formula is C51H70Cl4N2O8. The first-order chi connectivity index (χ1) is 31.4. The molecule has 0 aromatic heterocycles. The fourth-order valence-corrected chi connectivity index (χ4v) is 13.6. The van der Waals surface area contributed by atoms with E-state index in [2.05, 4.69) is 26.0 Å². The maximum atomic E-state index is 12.4. The first kappa shape index (κ1) is 51.8. The molecule has 0 aliphatic heterocycles. The Morgan fingerprint density at radius 3 is 1.35 bits per heavy atom. The number of alkyl halides is 4. The van der Waals surface area contributed by atoms with Gasteiger partial charge in [0, 0.05) is 62.5 Å². The van der Waals surface area contributed by atoms with Crippen molar-refractivity contribution in [3.8, 4) is 11.5 Å². The standard InChI is InChI=1S/2C23H31Cl2NO3.C5H8O2/c2*1-23-9-8-18-17-5-3-16(29-22(28)26(12-10-24)13-11-25)14-15(17)2-4-19(18)20(23)6-7-21(23)27;6-4-2-1-3-5-7/h2*3,5,14,18-21,27H,2,4,6-13H2,1H3;4-5H,1-3H2/t2*18-,19-,20+,21+,23+;/m11./s1. The summed E-state index contributed by atoms with van der Waals surface area (Å²) in [5.41, 5.74) is 5.65. The van der Waals surface area contributed by atoms with Crippen LogP contribution in [0, 0.1) is 34.5 Å². The van der Waals surface area contributed by atoms with Crippen molar-refractivity contribution >= 4 is 71.2 Å². The minimum absolute atomic E-state index is 0.0996. The van der Waals surface area contributed by atoms with Gasteiger partial charge in [0.25, 0.3) is 0 Å². The monoisotopic (exact) mass is 978 g/mol. The molecule has 10 atom stereocenters. The molecule has 2 N–H and O–H groups in total. The zero-order chi connectivity index (χ0) is 46.7. The number of benzene rings is 2. The third-order valence-electron chi connectivity index (χ3n) is 16.3. The van der Waals surface area contributed by atoms with Crippen LogP contribution in [0.1, 0.15) is 131 Å². The molecule has 0 heterocycles. The number of hydrogen-bond acceptors (Lipinski definition) is 8. The summed E-state index contributed by atoms with van der Waals surface area (Å²) in [6, 6.07) is 12.3. The van der Waals surface area contributed by atoms with E-state index in [0.29, 0.717) is 116 Å². The van der Waals surface area contributed by atoms with E-state index in [1.54, 1.807) is 9.80 Å². The van der Waals surface area contributed by atoms with E-state index in [0.717, 1.165) is 89.6 Å².